The van der Waals surface area contributed by atoms with Crippen LogP contribution in [0.3, 0.4) is 0 Å². The van der Waals surface area contributed by atoms with Crippen LogP contribution in [0.2, 0.25) is 0 Å². The van der Waals surface area contributed by atoms with Crippen LogP contribution in [-0.2, 0) is 6.42 Å². The number of para-hydroxylation sites is 3. The minimum atomic E-state index is 0.924. The second kappa shape index (κ2) is 10.9. The lowest BCUT2D eigenvalue weighted by Crippen LogP contribution is -2.03. The third kappa shape index (κ3) is 4.64. The third-order valence-corrected chi connectivity index (χ3v) is 9.07. The van der Waals surface area contributed by atoms with E-state index >= 15 is 0 Å². The molecule has 0 aliphatic carbocycles. The smallest absolute Gasteiger partial charge is 0.147 e. The molecule has 0 saturated heterocycles. The maximum absolute atomic E-state index is 5.31. The van der Waals surface area contributed by atoms with E-state index in [9.17, 15) is 0 Å². The number of rotatable bonds is 6. The van der Waals surface area contributed by atoms with Crippen molar-refractivity contribution in [3.63, 3.8) is 0 Å². The van der Waals surface area contributed by atoms with Gasteiger partial charge < -0.3 is 0 Å². The summed E-state index contributed by atoms with van der Waals surface area (Å²) in [6, 6.07) is 54.1. The van der Waals surface area contributed by atoms with Crippen molar-refractivity contribution in [2.24, 2.45) is 0 Å². The van der Waals surface area contributed by atoms with E-state index in [1.807, 2.05) is 0 Å². The largest absolute Gasteiger partial charge is 0.291 e. The number of hydrogen-bond acceptors (Lipinski definition) is 2. The molecule has 6 aromatic carbocycles. The second-order valence-corrected chi connectivity index (χ2v) is 11.7. The van der Waals surface area contributed by atoms with Crippen LogP contribution in [0.25, 0.3) is 60.4 Å². The molecular formula is C40H28N2S. The number of aromatic nitrogens is 2. The van der Waals surface area contributed by atoms with Crippen molar-refractivity contribution in [2.75, 3.05) is 0 Å². The second-order valence-electron chi connectivity index (χ2n) is 10.8. The van der Waals surface area contributed by atoms with Crippen LogP contribution >= 0.6 is 11.3 Å². The maximum atomic E-state index is 5.31. The van der Waals surface area contributed by atoms with Crippen molar-refractivity contribution in [1.29, 1.82) is 0 Å². The topological polar surface area (TPSA) is 17.8 Å². The number of fused-ring (bicyclic) bond motifs is 2. The molecule has 2 aromatic heterocycles. The number of thiophene rings is 1. The monoisotopic (exact) mass is 568 g/mol. The molecule has 2 heterocycles. The maximum Gasteiger partial charge on any atom is 0.147 e. The Kier molecular flexibility index (Phi) is 6.43. The van der Waals surface area contributed by atoms with E-state index in [-0.39, 0.29) is 0 Å². The predicted octanol–water partition coefficient (Wildman–Crippen LogP) is 10.8. The first-order valence-corrected chi connectivity index (χ1v) is 15.5. The Labute approximate surface area is 255 Å². The highest BCUT2D eigenvalue weighted by Crippen LogP contribution is 2.42. The van der Waals surface area contributed by atoms with E-state index < -0.39 is 0 Å². The normalized spacial score (nSPS) is 11.3. The van der Waals surface area contributed by atoms with Gasteiger partial charge in [0.05, 0.1) is 16.7 Å². The fourth-order valence-electron chi connectivity index (χ4n) is 6.11. The SMILES string of the molecule is c1ccc(Cc2ccc3c(-c4nc5ccccc5n4-c4c(-c5ccccc5)cccc4-c4ccccc4)csc3c2)cc1. The van der Waals surface area contributed by atoms with Crippen molar-refractivity contribution >= 4 is 32.5 Å². The molecule has 8 aromatic rings. The van der Waals surface area contributed by atoms with Crippen LogP contribution in [0, 0.1) is 0 Å². The Morgan fingerprint density at radius 1 is 0.535 bits per heavy atom. The van der Waals surface area contributed by atoms with Gasteiger partial charge in [-0.05, 0) is 46.9 Å². The summed E-state index contributed by atoms with van der Waals surface area (Å²) in [6.07, 6.45) is 0.924. The van der Waals surface area contributed by atoms with Gasteiger partial charge in [-0.1, -0.05) is 133 Å². The number of nitrogens with zero attached hydrogens (tertiary/aromatic N) is 2. The molecule has 0 atom stereocenters. The number of imidazole rings is 1. The number of hydrogen-bond donors (Lipinski definition) is 0. The lowest BCUT2D eigenvalue weighted by molar-refractivity contribution is 1.11. The van der Waals surface area contributed by atoms with Gasteiger partial charge in [-0.15, -0.1) is 11.3 Å². The summed E-state index contributed by atoms with van der Waals surface area (Å²) in [5.41, 5.74) is 11.7. The molecule has 43 heavy (non-hydrogen) atoms. The summed E-state index contributed by atoms with van der Waals surface area (Å²) in [5.74, 6) is 0.962. The highest BCUT2D eigenvalue weighted by Gasteiger charge is 2.22. The highest BCUT2D eigenvalue weighted by atomic mass is 32.1. The van der Waals surface area contributed by atoms with E-state index in [2.05, 4.69) is 162 Å². The standard InChI is InChI=1S/C40H28N2S/c1-4-13-28(14-5-1)25-29-23-24-34-35(27-43-38(34)26-29)40-41-36-21-10-11-22-37(36)42(40)39-32(30-15-6-2-7-16-30)19-12-20-33(39)31-17-8-3-9-18-31/h1-24,26-27H,25H2. The Bertz CT molecular complexity index is 2140. The summed E-state index contributed by atoms with van der Waals surface area (Å²) in [4.78, 5) is 5.31. The minimum absolute atomic E-state index is 0.924. The molecule has 0 aliphatic heterocycles. The van der Waals surface area contributed by atoms with Crippen LogP contribution in [0.15, 0.2) is 157 Å². The summed E-state index contributed by atoms with van der Waals surface area (Å²) < 4.78 is 3.67. The molecule has 2 nitrogen and oxygen atoms in total. The van der Waals surface area contributed by atoms with Gasteiger partial charge in [0.25, 0.3) is 0 Å². The molecule has 8 rings (SSSR count). The van der Waals surface area contributed by atoms with Crippen molar-refractivity contribution in [1.82, 2.24) is 9.55 Å². The van der Waals surface area contributed by atoms with Gasteiger partial charge >= 0.3 is 0 Å². The fourth-order valence-corrected chi connectivity index (χ4v) is 7.11. The van der Waals surface area contributed by atoms with Crippen LogP contribution in [-0.4, -0.2) is 9.55 Å². The Balaban J connectivity index is 1.38. The number of benzene rings is 6. The van der Waals surface area contributed by atoms with Crippen molar-refractivity contribution in [2.45, 2.75) is 6.42 Å². The minimum Gasteiger partial charge on any atom is -0.291 e. The Morgan fingerprint density at radius 3 is 1.86 bits per heavy atom. The van der Waals surface area contributed by atoms with E-state index in [1.54, 1.807) is 11.3 Å². The van der Waals surface area contributed by atoms with Crippen molar-refractivity contribution in [3.8, 4) is 39.3 Å². The van der Waals surface area contributed by atoms with Crippen LogP contribution in [0.1, 0.15) is 11.1 Å². The summed E-state index contributed by atoms with van der Waals surface area (Å²) >= 11 is 1.80. The molecule has 0 aliphatic rings. The van der Waals surface area contributed by atoms with Gasteiger partial charge in [-0.3, -0.25) is 4.57 Å². The molecule has 0 unspecified atom stereocenters. The molecule has 0 N–H and O–H groups in total. The van der Waals surface area contributed by atoms with Gasteiger partial charge in [0.15, 0.2) is 0 Å². The molecule has 0 spiro atoms. The summed E-state index contributed by atoms with van der Waals surface area (Å²) in [5, 5.41) is 3.51. The molecule has 0 radical (unpaired) electrons. The lowest BCUT2D eigenvalue weighted by atomic mass is 9.95. The zero-order valence-corrected chi connectivity index (χ0v) is 24.3. The summed E-state index contributed by atoms with van der Waals surface area (Å²) in [6.45, 7) is 0. The van der Waals surface area contributed by atoms with Gasteiger partial charge in [0, 0.05) is 32.2 Å². The third-order valence-electron chi connectivity index (χ3n) is 8.12. The molecule has 3 heteroatoms. The average Bonchev–Trinajstić information content (AvgIpc) is 3.67. The van der Waals surface area contributed by atoms with Gasteiger partial charge in [-0.25, -0.2) is 4.98 Å². The van der Waals surface area contributed by atoms with Crippen molar-refractivity contribution < 1.29 is 0 Å². The van der Waals surface area contributed by atoms with Gasteiger partial charge in [0.2, 0.25) is 0 Å². The quantitative estimate of drug-likeness (QED) is 0.195. The predicted molar refractivity (Wildman–Crippen MR) is 182 cm³/mol. The zero-order chi connectivity index (χ0) is 28.6. The average molecular weight is 569 g/mol. The lowest BCUT2D eigenvalue weighted by Gasteiger charge is -2.19. The van der Waals surface area contributed by atoms with E-state index in [1.165, 1.54) is 43.5 Å². The van der Waals surface area contributed by atoms with Gasteiger partial charge in [-0.2, -0.15) is 0 Å². The molecular weight excluding hydrogens is 541 g/mol. The first-order valence-electron chi connectivity index (χ1n) is 14.6. The van der Waals surface area contributed by atoms with E-state index in [0.717, 1.165) is 34.5 Å². The summed E-state index contributed by atoms with van der Waals surface area (Å²) in [7, 11) is 0. The molecule has 204 valence electrons. The van der Waals surface area contributed by atoms with Crippen LogP contribution < -0.4 is 0 Å². The van der Waals surface area contributed by atoms with E-state index in [0.29, 0.717) is 0 Å². The fraction of sp³-hybridized carbons (Fsp3) is 0.0250. The first kappa shape index (κ1) is 25.5. The zero-order valence-electron chi connectivity index (χ0n) is 23.5. The molecule has 0 fully saturated rings. The molecule has 0 bridgehead atoms. The molecule has 0 saturated carbocycles. The molecule has 0 amide bonds. The first-order chi connectivity index (χ1) is 21.3. The van der Waals surface area contributed by atoms with Crippen LogP contribution in [0.4, 0.5) is 0 Å². The highest BCUT2D eigenvalue weighted by molar-refractivity contribution is 7.17. The van der Waals surface area contributed by atoms with E-state index in [4.69, 9.17) is 4.98 Å². The van der Waals surface area contributed by atoms with Crippen LogP contribution in [0.5, 0.6) is 0 Å². The Hall–Kier alpha value is -5.25. The van der Waals surface area contributed by atoms with Crippen molar-refractivity contribution in [3.05, 3.63) is 168 Å². The Morgan fingerprint density at radius 2 is 1.16 bits per heavy atom. The van der Waals surface area contributed by atoms with Gasteiger partial charge in [0.1, 0.15) is 5.82 Å².